The molecule has 0 fully saturated rings. The minimum absolute atomic E-state index is 0.350. The van der Waals surface area contributed by atoms with E-state index in [1.54, 1.807) is 0 Å². The van der Waals surface area contributed by atoms with Gasteiger partial charge in [0.2, 0.25) is 0 Å². The Morgan fingerprint density at radius 3 is 2.40 bits per heavy atom. The lowest BCUT2D eigenvalue weighted by molar-refractivity contribution is 0.308. The fourth-order valence-corrected chi connectivity index (χ4v) is 2.83. The predicted octanol–water partition coefficient (Wildman–Crippen LogP) is 5.27. The molecule has 0 aromatic heterocycles. The molecule has 1 aromatic carbocycles. The number of aryl methyl sites for hydroxylation is 3. The number of hydrogen-bond acceptors (Lipinski definition) is 1. The van der Waals surface area contributed by atoms with Gasteiger partial charge in [0.15, 0.2) is 0 Å². The first-order valence-corrected chi connectivity index (χ1v) is 8.47. The maximum atomic E-state index is 3.61. The van der Waals surface area contributed by atoms with Crippen molar-refractivity contribution >= 4 is 15.9 Å². The fraction of sp³-hybridized carbons (Fsp3) is 0.667. The SMILES string of the molecule is Cc1cc(CCC(C)(C)CNCC(C)C)c(C)cc1Br. The van der Waals surface area contributed by atoms with E-state index in [9.17, 15) is 0 Å². The van der Waals surface area contributed by atoms with Gasteiger partial charge in [0, 0.05) is 11.0 Å². The minimum atomic E-state index is 0.350. The number of benzene rings is 1. The topological polar surface area (TPSA) is 12.0 Å². The van der Waals surface area contributed by atoms with Crippen molar-refractivity contribution in [1.82, 2.24) is 5.32 Å². The molecule has 0 saturated carbocycles. The Morgan fingerprint density at radius 2 is 1.80 bits per heavy atom. The van der Waals surface area contributed by atoms with Gasteiger partial charge in [-0.15, -0.1) is 0 Å². The van der Waals surface area contributed by atoms with Crippen LogP contribution in [0.25, 0.3) is 0 Å². The molecule has 0 radical (unpaired) electrons. The molecule has 1 N–H and O–H groups in total. The van der Waals surface area contributed by atoms with Crippen LogP contribution in [0.2, 0.25) is 0 Å². The number of rotatable bonds is 7. The van der Waals surface area contributed by atoms with Crippen molar-refractivity contribution in [3.63, 3.8) is 0 Å². The Labute approximate surface area is 133 Å². The average molecular weight is 340 g/mol. The third kappa shape index (κ3) is 5.97. The van der Waals surface area contributed by atoms with Crippen molar-refractivity contribution in [2.75, 3.05) is 13.1 Å². The van der Waals surface area contributed by atoms with Crippen LogP contribution in [0.5, 0.6) is 0 Å². The van der Waals surface area contributed by atoms with E-state index < -0.39 is 0 Å². The summed E-state index contributed by atoms with van der Waals surface area (Å²) in [5, 5.41) is 3.59. The first kappa shape index (κ1) is 17.7. The molecule has 0 atom stereocenters. The summed E-state index contributed by atoms with van der Waals surface area (Å²) >= 11 is 3.61. The van der Waals surface area contributed by atoms with E-state index in [1.807, 2.05) is 0 Å². The molecule has 0 unspecified atom stereocenters. The number of nitrogens with one attached hydrogen (secondary N) is 1. The van der Waals surface area contributed by atoms with Gasteiger partial charge in [0.25, 0.3) is 0 Å². The highest BCUT2D eigenvalue weighted by Crippen LogP contribution is 2.26. The lowest BCUT2D eigenvalue weighted by Crippen LogP contribution is -2.32. The first-order valence-electron chi connectivity index (χ1n) is 7.67. The Morgan fingerprint density at radius 1 is 1.15 bits per heavy atom. The van der Waals surface area contributed by atoms with Crippen molar-refractivity contribution in [2.45, 2.75) is 54.4 Å². The van der Waals surface area contributed by atoms with Crippen LogP contribution in [-0.2, 0) is 6.42 Å². The van der Waals surface area contributed by atoms with Crippen LogP contribution in [0, 0.1) is 25.2 Å². The molecule has 0 aliphatic carbocycles. The monoisotopic (exact) mass is 339 g/mol. The molecular weight excluding hydrogens is 310 g/mol. The minimum Gasteiger partial charge on any atom is -0.316 e. The van der Waals surface area contributed by atoms with E-state index in [-0.39, 0.29) is 0 Å². The van der Waals surface area contributed by atoms with Crippen LogP contribution in [0.15, 0.2) is 16.6 Å². The van der Waals surface area contributed by atoms with E-state index >= 15 is 0 Å². The zero-order chi connectivity index (χ0) is 15.3. The Hall–Kier alpha value is -0.340. The van der Waals surface area contributed by atoms with E-state index in [4.69, 9.17) is 0 Å². The smallest absolute Gasteiger partial charge is 0.0207 e. The summed E-state index contributed by atoms with van der Waals surface area (Å²) in [6, 6.07) is 4.58. The average Bonchev–Trinajstić information content (AvgIpc) is 2.31. The van der Waals surface area contributed by atoms with Gasteiger partial charge in [-0.2, -0.15) is 0 Å². The van der Waals surface area contributed by atoms with Crippen molar-refractivity contribution in [1.29, 1.82) is 0 Å². The molecule has 0 amide bonds. The second kappa shape index (κ2) is 7.61. The van der Waals surface area contributed by atoms with Gasteiger partial charge in [-0.25, -0.2) is 0 Å². The van der Waals surface area contributed by atoms with Crippen LogP contribution in [0.3, 0.4) is 0 Å². The molecule has 1 rings (SSSR count). The number of halogens is 1. The molecule has 20 heavy (non-hydrogen) atoms. The molecular formula is C18H30BrN. The van der Waals surface area contributed by atoms with E-state index in [0.29, 0.717) is 5.41 Å². The van der Waals surface area contributed by atoms with Gasteiger partial charge < -0.3 is 5.32 Å². The maximum absolute atomic E-state index is 3.61. The van der Waals surface area contributed by atoms with E-state index in [0.717, 1.165) is 25.4 Å². The second-order valence-corrected chi connectivity index (χ2v) is 8.07. The quantitative estimate of drug-likeness (QED) is 0.713. The summed E-state index contributed by atoms with van der Waals surface area (Å²) in [5.41, 5.74) is 4.57. The maximum Gasteiger partial charge on any atom is 0.0207 e. The molecule has 0 aliphatic rings. The van der Waals surface area contributed by atoms with Crippen molar-refractivity contribution in [3.05, 3.63) is 33.3 Å². The lowest BCUT2D eigenvalue weighted by Gasteiger charge is -2.26. The van der Waals surface area contributed by atoms with Crippen LogP contribution >= 0.6 is 15.9 Å². The molecule has 2 heteroatoms. The van der Waals surface area contributed by atoms with Crippen LogP contribution in [0.1, 0.15) is 50.8 Å². The number of hydrogen-bond donors (Lipinski definition) is 1. The highest BCUT2D eigenvalue weighted by atomic mass is 79.9. The van der Waals surface area contributed by atoms with Gasteiger partial charge in [-0.05, 0) is 67.3 Å². The van der Waals surface area contributed by atoms with Crippen molar-refractivity contribution < 1.29 is 0 Å². The summed E-state index contributed by atoms with van der Waals surface area (Å²) in [7, 11) is 0. The standard InChI is InChI=1S/C18H30BrN/c1-13(2)11-20-12-18(5,6)8-7-16-9-15(4)17(19)10-14(16)3/h9-10,13,20H,7-8,11-12H2,1-6H3. The fourth-order valence-electron chi connectivity index (χ4n) is 2.37. The Kier molecular flexibility index (Phi) is 6.74. The normalized spacial score (nSPS) is 12.2. The highest BCUT2D eigenvalue weighted by molar-refractivity contribution is 9.10. The van der Waals surface area contributed by atoms with Crippen molar-refractivity contribution in [2.24, 2.45) is 11.3 Å². The predicted molar refractivity (Wildman–Crippen MR) is 93.4 cm³/mol. The van der Waals surface area contributed by atoms with Crippen LogP contribution in [-0.4, -0.2) is 13.1 Å². The molecule has 0 aliphatic heterocycles. The molecule has 0 bridgehead atoms. The molecule has 0 saturated heterocycles. The third-order valence-corrected chi connectivity index (χ3v) is 4.70. The second-order valence-electron chi connectivity index (χ2n) is 7.22. The van der Waals surface area contributed by atoms with Crippen LogP contribution in [0.4, 0.5) is 0 Å². The summed E-state index contributed by atoms with van der Waals surface area (Å²) in [4.78, 5) is 0. The van der Waals surface area contributed by atoms with Gasteiger partial charge in [-0.1, -0.05) is 49.7 Å². The molecule has 114 valence electrons. The third-order valence-electron chi connectivity index (χ3n) is 3.84. The largest absolute Gasteiger partial charge is 0.316 e. The van der Waals surface area contributed by atoms with E-state index in [2.05, 4.69) is 74.9 Å². The molecule has 0 heterocycles. The van der Waals surface area contributed by atoms with Gasteiger partial charge in [0.05, 0.1) is 0 Å². The summed E-state index contributed by atoms with van der Waals surface area (Å²) in [5.74, 6) is 0.724. The molecule has 0 spiro atoms. The zero-order valence-electron chi connectivity index (χ0n) is 13.9. The summed E-state index contributed by atoms with van der Waals surface area (Å²) in [6.07, 6.45) is 2.39. The zero-order valence-corrected chi connectivity index (χ0v) is 15.5. The Bertz CT molecular complexity index is 435. The summed E-state index contributed by atoms with van der Waals surface area (Å²) in [6.45, 7) is 15.8. The first-order chi connectivity index (χ1) is 9.21. The van der Waals surface area contributed by atoms with Gasteiger partial charge >= 0.3 is 0 Å². The highest BCUT2D eigenvalue weighted by Gasteiger charge is 2.18. The lowest BCUT2D eigenvalue weighted by atomic mass is 9.85. The van der Waals surface area contributed by atoms with Crippen LogP contribution < -0.4 is 5.32 Å². The Balaban J connectivity index is 2.55. The van der Waals surface area contributed by atoms with Gasteiger partial charge in [-0.3, -0.25) is 0 Å². The van der Waals surface area contributed by atoms with Crippen molar-refractivity contribution in [3.8, 4) is 0 Å². The van der Waals surface area contributed by atoms with Gasteiger partial charge in [0.1, 0.15) is 0 Å². The van der Waals surface area contributed by atoms with E-state index in [1.165, 1.54) is 27.6 Å². The summed E-state index contributed by atoms with van der Waals surface area (Å²) < 4.78 is 1.22. The molecule has 1 nitrogen and oxygen atoms in total. The molecule has 1 aromatic rings.